The van der Waals surface area contributed by atoms with E-state index in [0.717, 1.165) is 39.3 Å². The number of likely N-dealkylation sites (tertiary alicyclic amines) is 2. The highest BCUT2D eigenvalue weighted by Gasteiger charge is 2.39. The summed E-state index contributed by atoms with van der Waals surface area (Å²) in [6.07, 6.45) is 2.79. The van der Waals surface area contributed by atoms with Crippen molar-refractivity contribution in [3.63, 3.8) is 0 Å². The Labute approximate surface area is 163 Å². The second-order valence-electron chi connectivity index (χ2n) is 7.26. The molecule has 8 heteroatoms. The van der Waals surface area contributed by atoms with Crippen LogP contribution in [0.15, 0.2) is 0 Å². The van der Waals surface area contributed by atoms with E-state index in [2.05, 4.69) is 24.1 Å². The van der Waals surface area contributed by atoms with Crippen molar-refractivity contribution in [2.75, 3.05) is 45.8 Å². The molecule has 6 nitrogen and oxygen atoms in total. The van der Waals surface area contributed by atoms with Gasteiger partial charge in [0.2, 0.25) is 11.8 Å². The lowest BCUT2D eigenvalue weighted by molar-refractivity contribution is -0.136. The van der Waals surface area contributed by atoms with Gasteiger partial charge in [0, 0.05) is 51.2 Å². The van der Waals surface area contributed by atoms with Crippen molar-refractivity contribution in [2.45, 2.75) is 45.2 Å². The van der Waals surface area contributed by atoms with Gasteiger partial charge >= 0.3 is 0 Å². The zero-order valence-corrected chi connectivity index (χ0v) is 16.9. The number of nitrogens with one attached hydrogen (secondary N) is 1. The van der Waals surface area contributed by atoms with Crippen LogP contribution in [0.25, 0.3) is 0 Å². The predicted molar refractivity (Wildman–Crippen MR) is 103 cm³/mol. The molecule has 0 spiro atoms. The predicted octanol–water partition coefficient (Wildman–Crippen LogP) is 0.983. The van der Waals surface area contributed by atoms with Gasteiger partial charge in [-0.15, -0.1) is 24.8 Å². The highest BCUT2D eigenvalue weighted by atomic mass is 35.5. The average molecular weight is 395 g/mol. The summed E-state index contributed by atoms with van der Waals surface area (Å²) in [5.41, 5.74) is 0. The summed E-state index contributed by atoms with van der Waals surface area (Å²) in [4.78, 5) is 31.4. The third-order valence-electron chi connectivity index (χ3n) is 5.58. The van der Waals surface area contributed by atoms with Gasteiger partial charge in [0.15, 0.2) is 0 Å². The Morgan fingerprint density at radius 3 is 2.68 bits per heavy atom. The average Bonchev–Trinajstić information content (AvgIpc) is 3.14. The Morgan fingerprint density at radius 2 is 2.00 bits per heavy atom. The van der Waals surface area contributed by atoms with E-state index in [9.17, 15) is 9.59 Å². The lowest BCUT2D eigenvalue weighted by atomic mass is 10.1. The Bertz CT molecular complexity index is 466. The van der Waals surface area contributed by atoms with E-state index >= 15 is 0 Å². The maximum absolute atomic E-state index is 12.7. The first-order valence-corrected chi connectivity index (χ1v) is 9.12. The fourth-order valence-electron chi connectivity index (χ4n) is 4.28. The maximum atomic E-state index is 12.7. The summed E-state index contributed by atoms with van der Waals surface area (Å²) in [5, 5.41) is 3.36. The molecule has 1 N–H and O–H groups in total. The van der Waals surface area contributed by atoms with Crippen LogP contribution in [-0.2, 0) is 9.59 Å². The van der Waals surface area contributed by atoms with E-state index < -0.39 is 0 Å². The molecule has 3 aliphatic heterocycles. The molecule has 3 aliphatic rings. The maximum Gasteiger partial charge on any atom is 0.228 e. The molecule has 2 amide bonds. The van der Waals surface area contributed by atoms with Crippen molar-refractivity contribution in [3.05, 3.63) is 0 Å². The number of hydrogen-bond acceptors (Lipinski definition) is 4. The number of hydrogen-bond donors (Lipinski definition) is 1. The van der Waals surface area contributed by atoms with Crippen LogP contribution in [0.1, 0.15) is 33.1 Å². The highest BCUT2D eigenvalue weighted by Crippen LogP contribution is 2.24. The molecule has 25 heavy (non-hydrogen) atoms. The highest BCUT2D eigenvalue weighted by molar-refractivity contribution is 5.89. The Kier molecular flexibility index (Phi) is 8.95. The second kappa shape index (κ2) is 9.95. The van der Waals surface area contributed by atoms with Crippen molar-refractivity contribution in [1.82, 2.24) is 20.0 Å². The summed E-state index contributed by atoms with van der Waals surface area (Å²) >= 11 is 0. The molecule has 3 rings (SSSR count). The SMILES string of the molecule is CCN1CCCC1CN1CC(C(=O)N2CCNC(C)C2)CC1=O.Cl.Cl. The third kappa shape index (κ3) is 5.22. The monoisotopic (exact) mass is 394 g/mol. The topological polar surface area (TPSA) is 55.9 Å². The summed E-state index contributed by atoms with van der Waals surface area (Å²) < 4.78 is 0. The van der Waals surface area contributed by atoms with Crippen LogP contribution in [-0.4, -0.2) is 84.4 Å². The molecular formula is C17H32Cl2N4O2. The fraction of sp³-hybridized carbons (Fsp3) is 0.882. The van der Waals surface area contributed by atoms with E-state index in [0.29, 0.717) is 25.0 Å². The quantitative estimate of drug-likeness (QED) is 0.771. The molecular weight excluding hydrogens is 363 g/mol. The minimum atomic E-state index is -0.135. The standard InChI is InChI=1S/C17H30N4O2.2ClH/c1-3-19-7-4-5-15(19)12-21-11-14(9-16(21)22)17(23)20-8-6-18-13(2)10-20;;/h13-15,18H,3-12H2,1-2H3;2*1H. The first kappa shape index (κ1) is 22.5. The summed E-state index contributed by atoms with van der Waals surface area (Å²) in [5.74, 6) is 0.201. The molecule has 3 unspecified atom stereocenters. The molecule has 3 atom stereocenters. The molecule has 0 aromatic rings. The number of amides is 2. The molecule has 3 saturated heterocycles. The summed E-state index contributed by atoms with van der Waals surface area (Å²) in [7, 11) is 0. The van der Waals surface area contributed by atoms with E-state index in [-0.39, 0.29) is 42.5 Å². The van der Waals surface area contributed by atoms with E-state index in [1.165, 1.54) is 12.8 Å². The van der Waals surface area contributed by atoms with Crippen LogP contribution < -0.4 is 5.32 Å². The zero-order chi connectivity index (χ0) is 16.4. The van der Waals surface area contributed by atoms with Crippen LogP contribution in [0.5, 0.6) is 0 Å². The van der Waals surface area contributed by atoms with Crippen LogP contribution >= 0.6 is 24.8 Å². The number of nitrogens with zero attached hydrogens (tertiary/aromatic N) is 3. The molecule has 3 fully saturated rings. The first-order chi connectivity index (χ1) is 11.1. The van der Waals surface area contributed by atoms with Crippen LogP contribution in [0.4, 0.5) is 0 Å². The van der Waals surface area contributed by atoms with E-state index in [4.69, 9.17) is 0 Å². The number of piperazine rings is 1. The lowest BCUT2D eigenvalue weighted by Gasteiger charge is -2.33. The molecule has 146 valence electrons. The normalized spacial score (nSPS) is 30.2. The smallest absolute Gasteiger partial charge is 0.228 e. The molecule has 3 heterocycles. The van der Waals surface area contributed by atoms with Gasteiger partial charge in [0.1, 0.15) is 0 Å². The minimum Gasteiger partial charge on any atom is -0.340 e. The number of likely N-dealkylation sites (N-methyl/N-ethyl adjacent to an activating group) is 1. The Hall–Kier alpha value is -0.560. The van der Waals surface area contributed by atoms with Gasteiger partial charge in [-0.05, 0) is 32.9 Å². The Morgan fingerprint density at radius 1 is 1.24 bits per heavy atom. The Balaban J connectivity index is 0.00000156. The van der Waals surface area contributed by atoms with Crippen molar-refractivity contribution in [2.24, 2.45) is 5.92 Å². The lowest BCUT2D eigenvalue weighted by Crippen LogP contribution is -2.53. The summed E-state index contributed by atoms with van der Waals surface area (Å²) in [6, 6.07) is 0.828. The van der Waals surface area contributed by atoms with Crippen LogP contribution in [0, 0.1) is 5.92 Å². The molecule has 0 radical (unpaired) electrons. The van der Waals surface area contributed by atoms with Gasteiger partial charge in [0.05, 0.1) is 5.92 Å². The molecule has 0 bridgehead atoms. The summed E-state index contributed by atoms with van der Waals surface area (Å²) in [6.45, 7) is 10.3. The number of carbonyl (C=O) groups excluding carboxylic acids is 2. The van der Waals surface area contributed by atoms with Crippen molar-refractivity contribution in [1.29, 1.82) is 0 Å². The van der Waals surface area contributed by atoms with E-state index in [1.54, 1.807) is 0 Å². The van der Waals surface area contributed by atoms with Crippen LogP contribution in [0.3, 0.4) is 0 Å². The van der Waals surface area contributed by atoms with Gasteiger partial charge in [0.25, 0.3) is 0 Å². The molecule has 0 aromatic heterocycles. The van der Waals surface area contributed by atoms with Crippen molar-refractivity contribution in [3.8, 4) is 0 Å². The molecule has 0 aliphatic carbocycles. The largest absolute Gasteiger partial charge is 0.340 e. The van der Waals surface area contributed by atoms with Crippen LogP contribution in [0.2, 0.25) is 0 Å². The van der Waals surface area contributed by atoms with Crippen molar-refractivity contribution < 1.29 is 9.59 Å². The van der Waals surface area contributed by atoms with Gasteiger partial charge in [-0.1, -0.05) is 6.92 Å². The molecule has 0 aromatic carbocycles. The van der Waals surface area contributed by atoms with Gasteiger partial charge in [-0.25, -0.2) is 0 Å². The first-order valence-electron chi connectivity index (χ1n) is 9.12. The molecule has 0 saturated carbocycles. The number of halogens is 2. The second-order valence-corrected chi connectivity index (χ2v) is 7.26. The number of carbonyl (C=O) groups is 2. The third-order valence-corrected chi connectivity index (χ3v) is 5.58. The minimum absolute atomic E-state index is 0. The fourth-order valence-corrected chi connectivity index (χ4v) is 4.28. The zero-order valence-electron chi connectivity index (χ0n) is 15.3. The van der Waals surface area contributed by atoms with Gasteiger partial charge < -0.3 is 15.1 Å². The van der Waals surface area contributed by atoms with Gasteiger partial charge in [-0.3, -0.25) is 14.5 Å². The van der Waals surface area contributed by atoms with E-state index in [1.807, 2.05) is 9.80 Å². The number of rotatable bonds is 4. The van der Waals surface area contributed by atoms with Crippen molar-refractivity contribution >= 4 is 36.6 Å². The van der Waals surface area contributed by atoms with Gasteiger partial charge in [-0.2, -0.15) is 0 Å².